The molecule has 4 aliphatic carbocycles. The molecule has 10 atom stereocenters. The Bertz CT molecular complexity index is 930. The molecule has 0 aliphatic heterocycles. The summed E-state index contributed by atoms with van der Waals surface area (Å²) in [6.07, 6.45) is -2.98. The SMILES string of the molecule is CC(=O)O[C@H]1CC2C3CC[C@H]([C@H](C)/C=C/CC(O)(C(F)(F)F)C(F)(F)F)[C@@]3(C)CCC2[C@@]2(C)CC[C@@H](C)C[C@@H]12. The number of allylic oxidation sites excluding steroid dienone is 1. The van der Waals surface area contributed by atoms with Crippen LogP contribution in [0.3, 0.4) is 0 Å². The molecule has 4 fully saturated rings. The van der Waals surface area contributed by atoms with Crippen molar-refractivity contribution in [1.82, 2.24) is 0 Å². The minimum Gasteiger partial charge on any atom is -0.462 e. The number of esters is 1. The molecule has 0 heterocycles. The van der Waals surface area contributed by atoms with Crippen LogP contribution in [0, 0.1) is 52.3 Å². The number of alkyl halides is 6. The molecule has 4 saturated carbocycles. The monoisotopic (exact) mass is 566 g/mol. The van der Waals surface area contributed by atoms with Crippen molar-refractivity contribution in [3.63, 3.8) is 0 Å². The summed E-state index contributed by atoms with van der Waals surface area (Å²) >= 11 is 0. The quantitative estimate of drug-likeness (QED) is 0.207. The zero-order valence-corrected chi connectivity index (χ0v) is 23.7. The molecule has 0 bridgehead atoms. The fourth-order valence-electron chi connectivity index (χ4n) is 9.69. The summed E-state index contributed by atoms with van der Waals surface area (Å²) < 4.78 is 84.6. The van der Waals surface area contributed by atoms with Crippen molar-refractivity contribution in [3.05, 3.63) is 12.2 Å². The van der Waals surface area contributed by atoms with Gasteiger partial charge in [0.15, 0.2) is 0 Å². The predicted molar refractivity (Wildman–Crippen MR) is 135 cm³/mol. The molecule has 0 aromatic heterocycles. The number of fused-ring (bicyclic) bond motifs is 5. The first-order valence-corrected chi connectivity index (χ1v) is 14.5. The topological polar surface area (TPSA) is 46.5 Å². The fourth-order valence-corrected chi connectivity index (χ4v) is 9.69. The first-order valence-electron chi connectivity index (χ1n) is 14.5. The molecule has 0 saturated heterocycles. The number of halogens is 6. The third-order valence-corrected chi connectivity index (χ3v) is 11.7. The highest BCUT2D eigenvalue weighted by molar-refractivity contribution is 5.66. The number of carbonyl (C=O) groups excluding carboxylic acids is 1. The van der Waals surface area contributed by atoms with Gasteiger partial charge in [-0.2, -0.15) is 26.3 Å². The molecular formula is C30H44F6O3. The maximum atomic E-state index is 13.1. The first kappa shape index (κ1) is 30.7. The lowest BCUT2D eigenvalue weighted by Gasteiger charge is -2.62. The van der Waals surface area contributed by atoms with Crippen molar-refractivity contribution in [1.29, 1.82) is 0 Å². The summed E-state index contributed by atoms with van der Waals surface area (Å²) in [7, 11) is 0. The standard InChI is InChI=1S/C30H44F6O3/c1-17-10-13-27(5)23-11-14-26(4)21(18(2)7-6-12-28(38,29(31,32)33)30(34,35)36)8-9-22(26)20(23)16-25(24(27)15-17)39-19(3)37/h6-7,17-18,20-25,38H,8-16H2,1-5H3/b7-6+/t17-,18-,20?,21-,22?,23?,24+,25+,26-,27-/m1/s1. The number of hydrogen-bond acceptors (Lipinski definition) is 3. The molecule has 3 nitrogen and oxygen atoms in total. The van der Waals surface area contributed by atoms with Crippen LogP contribution in [0.1, 0.15) is 92.4 Å². The van der Waals surface area contributed by atoms with Gasteiger partial charge in [-0.1, -0.05) is 46.3 Å². The van der Waals surface area contributed by atoms with Gasteiger partial charge in [0.1, 0.15) is 6.10 Å². The van der Waals surface area contributed by atoms with E-state index in [-0.39, 0.29) is 34.7 Å². The number of ether oxygens (including phenoxy) is 1. The highest BCUT2D eigenvalue weighted by Gasteiger charge is 2.69. The van der Waals surface area contributed by atoms with Crippen LogP contribution in [0.4, 0.5) is 26.3 Å². The second-order valence-corrected chi connectivity index (χ2v) is 13.8. The van der Waals surface area contributed by atoms with Crippen LogP contribution in [0.15, 0.2) is 12.2 Å². The van der Waals surface area contributed by atoms with E-state index in [2.05, 4.69) is 20.8 Å². The van der Waals surface area contributed by atoms with E-state index in [4.69, 9.17) is 4.74 Å². The molecule has 224 valence electrons. The van der Waals surface area contributed by atoms with E-state index in [9.17, 15) is 36.2 Å². The molecule has 9 heteroatoms. The number of carbonyl (C=O) groups is 1. The zero-order valence-electron chi connectivity index (χ0n) is 23.7. The van der Waals surface area contributed by atoms with Crippen LogP contribution in [0.5, 0.6) is 0 Å². The van der Waals surface area contributed by atoms with Crippen LogP contribution in [-0.4, -0.2) is 35.1 Å². The Hall–Kier alpha value is -1.25. The molecule has 39 heavy (non-hydrogen) atoms. The molecule has 1 N–H and O–H groups in total. The Morgan fingerprint density at radius 3 is 2.13 bits per heavy atom. The van der Waals surface area contributed by atoms with E-state index >= 15 is 0 Å². The second-order valence-electron chi connectivity index (χ2n) is 13.8. The Kier molecular flexibility index (Phi) is 8.06. The third-order valence-electron chi connectivity index (χ3n) is 11.7. The molecule has 3 unspecified atom stereocenters. The van der Waals surface area contributed by atoms with Gasteiger partial charge >= 0.3 is 18.3 Å². The fraction of sp³-hybridized carbons (Fsp3) is 0.900. The maximum absolute atomic E-state index is 13.1. The molecule has 0 radical (unpaired) electrons. The zero-order chi connectivity index (χ0) is 29.2. The first-order chi connectivity index (χ1) is 17.8. The molecular weight excluding hydrogens is 522 g/mol. The van der Waals surface area contributed by atoms with E-state index in [0.29, 0.717) is 29.6 Å². The second kappa shape index (κ2) is 10.2. The van der Waals surface area contributed by atoms with E-state index in [1.165, 1.54) is 13.0 Å². The van der Waals surface area contributed by atoms with Gasteiger partial charge in [0.2, 0.25) is 0 Å². The lowest BCUT2D eigenvalue weighted by atomic mass is 9.43. The number of rotatable bonds is 5. The van der Waals surface area contributed by atoms with Gasteiger partial charge in [-0.05, 0) is 91.3 Å². The molecule has 4 aliphatic rings. The van der Waals surface area contributed by atoms with Crippen LogP contribution >= 0.6 is 0 Å². The van der Waals surface area contributed by atoms with Crippen LogP contribution < -0.4 is 0 Å². The van der Waals surface area contributed by atoms with Gasteiger partial charge in [-0.15, -0.1) is 0 Å². The molecule has 0 spiro atoms. The van der Waals surface area contributed by atoms with Crippen LogP contribution in [-0.2, 0) is 9.53 Å². The summed E-state index contributed by atoms with van der Waals surface area (Å²) in [6.45, 7) is 10.2. The largest absolute Gasteiger partial charge is 0.462 e. The van der Waals surface area contributed by atoms with Crippen LogP contribution in [0.25, 0.3) is 0 Å². The van der Waals surface area contributed by atoms with Crippen molar-refractivity contribution in [3.8, 4) is 0 Å². The number of aliphatic hydroxyl groups is 1. The molecule has 0 aromatic rings. The van der Waals surface area contributed by atoms with Crippen molar-refractivity contribution in [2.75, 3.05) is 0 Å². The minimum absolute atomic E-state index is 0.0960. The molecule has 4 rings (SSSR count). The third kappa shape index (κ3) is 5.16. The van der Waals surface area contributed by atoms with Crippen molar-refractivity contribution in [2.45, 2.75) is 116 Å². The maximum Gasteiger partial charge on any atom is 0.426 e. The van der Waals surface area contributed by atoms with E-state index in [1.807, 2.05) is 6.92 Å². The van der Waals surface area contributed by atoms with Gasteiger partial charge in [-0.25, -0.2) is 0 Å². The van der Waals surface area contributed by atoms with Crippen molar-refractivity contribution >= 4 is 5.97 Å². The predicted octanol–water partition coefficient (Wildman–Crippen LogP) is 8.26. The van der Waals surface area contributed by atoms with Gasteiger partial charge in [0.25, 0.3) is 5.60 Å². The Morgan fingerprint density at radius 2 is 1.54 bits per heavy atom. The highest BCUT2D eigenvalue weighted by Crippen LogP contribution is 2.69. The van der Waals surface area contributed by atoms with Gasteiger partial charge < -0.3 is 9.84 Å². The van der Waals surface area contributed by atoms with Gasteiger partial charge in [0, 0.05) is 19.3 Å². The van der Waals surface area contributed by atoms with Gasteiger partial charge in [0.05, 0.1) is 0 Å². The minimum atomic E-state index is -5.81. The number of hydrogen-bond donors (Lipinski definition) is 1. The van der Waals surface area contributed by atoms with E-state index in [1.54, 1.807) is 0 Å². The lowest BCUT2D eigenvalue weighted by Crippen LogP contribution is -2.58. The summed E-state index contributed by atoms with van der Waals surface area (Å²) in [5.41, 5.74) is -4.75. The Balaban J connectivity index is 1.54. The van der Waals surface area contributed by atoms with E-state index in [0.717, 1.165) is 57.4 Å². The Labute approximate surface area is 228 Å². The van der Waals surface area contributed by atoms with Gasteiger partial charge in [-0.3, -0.25) is 4.79 Å². The lowest BCUT2D eigenvalue weighted by molar-refractivity contribution is -0.366. The summed E-state index contributed by atoms with van der Waals surface area (Å²) in [5, 5.41) is 9.52. The average Bonchev–Trinajstić information content (AvgIpc) is 3.15. The highest BCUT2D eigenvalue weighted by atomic mass is 19.4. The summed E-state index contributed by atoms with van der Waals surface area (Å²) in [5.74, 6) is 1.86. The average molecular weight is 567 g/mol. The smallest absolute Gasteiger partial charge is 0.426 e. The van der Waals surface area contributed by atoms with Crippen molar-refractivity contribution in [2.24, 2.45) is 52.3 Å². The van der Waals surface area contributed by atoms with Crippen LogP contribution in [0.2, 0.25) is 0 Å². The molecule has 0 amide bonds. The van der Waals surface area contributed by atoms with Crippen molar-refractivity contribution < 1.29 is 41.0 Å². The normalized spacial score (nSPS) is 42.0. The summed E-state index contributed by atoms with van der Waals surface area (Å²) in [6, 6.07) is 0. The summed E-state index contributed by atoms with van der Waals surface area (Å²) in [4.78, 5) is 12.1. The Morgan fingerprint density at radius 1 is 0.949 bits per heavy atom. The van der Waals surface area contributed by atoms with E-state index < -0.39 is 24.4 Å². The molecule has 0 aromatic carbocycles.